The maximum Gasteiger partial charge on any atom is 0.313 e. The summed E-state index contributed by atoms with van der Waals surface area (Å²) in [6.45, 7) is 0.375. The Morgan fingerprint density at radius 3 is 2.17 bits per heavy atom. The molecule has 0 aromatic heterocycles. The van der Waals surface area contributed by atoms with Gasteiger partial charge in [0.15, 0.2) is 0 Å². The zero-order valence-corrected chi connectivity index (χ0v) is 17.3. The third-order valence-corrected chi connectivity index (χ3v) is 7.29. The molecule has 2 amide bonds. The second-order valence-corrected chi connectivity index (χ2v) is 8.67. The SMILES string of the molecule is COc1ccc(OC)c(NC(=O)C(=O)NCC2(OC)C3CC4CC(C3)CC2C4)c1. The van der Waals surface area contributed by atoms with Crippen molar-refractivity contribution in [1.82, 2.24) is 5.32 Å². The van der Waals surface area contributed by atoms with Crippen molar-refractivity contribution in [2.75, 3.05) is 33.2 Å². The topological polar surface area (TPSA) is 85.9 Å². The van der Waals surface area contributed by atoms with Gasteiger partial charge >= 0.3 is 11.8 Å². The Balaban J connectivity index is 1.41. The van der Waals surface area contributed by atoms with Crippen molar-refractivity contribution in [3.8, 4) is 11.5 Å². The molecule has 7 nitrogen and oxygen atoms in total. The van der Waals surface area contributed by atoms with Gasteiger partial charge in [-0.25, -0.2) is 0 Å². The van der Waals surface area contributed by atoms with E-state index in [4.69, 9.17) is 14.2 Å². The van der Waals surface area contributed by atoms with Gasteiger partial charge in [0, 0.05) is 19.7 Å². The molecule has 158 valence electrons. The molecule has 4 saturated carbocycles. The lowest BCUT2D eigenvalue weighted by Crippen LogP contribution is -2.63. The van der Waals surface area contributed by atoms with Crippen LogP contribution in [-0.2, 0) is 14.3 Å². The summed E-state index contributed by atoms with van der Waals surface area (Å²) in [6.07, 6.45) is 6.03. The van der Waals surface area contributed by atoms with E-state index in [1.54, 1.807) is 25.3 Å². The lowest BCUT2D eigenvalue weighted by molar-refractivity contribution is -0.188. The average molecular weight is 402 g/mol. The summed E-state index contributed by atoms with van der Waals surface area (Å²) in [5, 5.41) is 5.46. The Labute approximate surface area is 171 Å². The largest absolute Gasteiger partial charge is 0.497 e. The van der Waals surface area contributed by atoms with Crippen LogP contribution in [0.3, 0.4) is 0 Å². The monoisotopic (exact) mass is 402 g/mol. The summed E-state index contributed by atoms with van der Waals surface area (Å²) in [5.74, 6) is 2.17. The first-order valence-electron chi connectivity index (χ1n) is 10.4. The Hall–Kier alpha value is -2.28. The van der Waals surface area contributed by atoms with Gasteiger partial charge in [0.25, 0.3) is 0 Å². The van der Waals surface area contributed by atoms with Crippen LogP contribution in [0.25, 0.3) is 0 Å². The zero-order valence-electron chi connectivity index (χ0n) is 17.3. The van der Waals surface area contributed by atoms with Crippen LogP contribution in [0.15, 0.2) is 18.2 Å². The van der Waals surface area contributed by atoms with Gasteiger partial charge in [-0.3, -0.25) is 9.59 Å². The maximum atomic E-state index is 12.5. The molecule has 0 heterocycles. The maximum absolute atomic E-state index is 12.5. The molecule has 1 aromatic rings. The Morgan fingerprint density at radius 1 is 0.966 bits per heavy atom. The predicted octanol–water partition coefficient (Wildman–Crippen LogP) is 2.60. The van der Waals surface area contributed by atoms with Gasteiger partial charge in [0.1, 0.15) is 11.5 Å². The fourth-order valence-corrected chi connectivity index (χ4v) is 6.07. The van der Waals surface area contributed by atoms with Gasteiger partial charge in [-0.2, -0.15) is 0 Å². The molecule has 0 unspecified atom stereocenters. The molecule has 0 spiro atoms. The molecule has 0 aliphatic heterocycles. The molecular formula is C22H30N2O5. The van der Waals surface area contributed by atoms with Gasteiger partial charge in [-0.1, -0.05) is 0 Å². The number of benzene rings is 1. The number of hydrogen-bond acceptors (Lipinski definition) is 5. The van der Waals surface area contributed by atoms with Crippen molar-refractivity contribution in [1.29, 1.82) is 0 Å². The second-order valence-electron chi connectivity index (χ2n) is 8.67. The van der Waals surface area contributed by atoms with E-state index in [0.29, 0.717) is 35.6 Å². The van der Waals surface area contributed by atoms with Gasteiger partial charge in [-0.15, -0.1) is 0 Å². The van der Waals surface area contributed by atoms with Crippen LogP contribution in [0.5, 0.6) is 11.5 Å². The first kappa shape index (κ1) is 20.0. The van der Waals surface area contributed by atoms with E-state index >= 15 is 0 Å². The second kappa shape index (κ2) is 7.86. The number of ether oxygens (including phenoxy) is 3. The quantitative estimate of drug-likeness (QED) is 0.715. The van der Waals surface area contributed by atoms with Crippen LogP contribution in [0.1, 0.15) is 32.1 Å². The highest BCUT2D eigenvalue weighted by atomic mass is 16.5. The van der Waals surface area contributed by atoms with Crippen LogP contribution in [-0.4, -0.2) is 45.3 Å². The van der Waals surface area contributed by atoms with E-state index < -0.39 is 11.8 Å². The average Bonchev–Trinajstić information content (AvgIpc) is 2.73. The van der Waals surface area contributed by atoms with E-state index in [-0.39, 0.29) is 5.60 Å². The summed E-state index contributed by atoms with van der Waals surface area (Å²) < 4.78 is 16.5. The third kappa shape index (κ3) is 3.56. The van der Waals surface area contributed by atoms with Crippen molar-refractivity contribution in [3.63, 3.8) is 0 Å². The highest BCUT2D eigenvalue weighted by Crippen LogP contribution is 2.59. The molecule has 1 aromatic carbocycles. The van der Waals surface area contributed by atoms with E-state index in [1.807, 2.05) is 0 Å². The Kier molecular flexibility index (Phi) is 5.42. The molecular weight excluding hydrogens is 372 g/mol. The molecule has 4 bridgehead atoms. The third-order valence-electron chi connectivity index (χ3n) is 7.29. The summed E-state index contributed by atoms with van der Waals surface area (Å²) in [5.41, 5.74) is 0.0416. The minimum absolute atomic E-state index is 0.350. The molecule has 5 rings (SSSR count). The van der Waals surface area contributed by atoms with Crippen molar-refractivity contribution in [3.05, 3.63) is 18.2 Å². The number of carbonyl (C=O) groups is 2. The van der Waals surface area contributed by atoms with Crippen molar-refractivity contribution in [2.45, 2.75) is 37.7 Å². The standard InChI is InChI=1S/C22H30N2O5/c1-27-17-4-5-19(28-2)18(11-17)24-21(26)20(25)23-12-22(29-3)15-7-13-6-14(9-15)10-16(22)8-13/h4-5,11,13-16H,6-10,12H2,1-3H3,(H,23,25)(H,24,26). The summed E-state index contributed by atoms with van der Waals surface area (Å²) >= 11 is 0. The Bertz CT molecular complexity index is 765. The molecule has 4 aliphatic carbocycles. The molecule has 0 radical (unpaired) electrons. The lowest BCUT2D eigenvalue weighted by atomic mass is 9.49. The van der Waals surface area contributed by atoms with Crippen LogP contribution in [0, 0.1) is 23.7 Å². The van der Waals surface area contributed by atoms with Gasteiger partial charge in [0.2, 0.25) is 0 Å². The van der Waals surface area contributed by atoms with Crippen LogP contribution < -0.4 is 20.1 Å². The van der Waals surface area contributed by atoms with Crippen molar-refractivity contribution in [2.24, 2.45) is 23.7 Å². The van der Waals surface area contributed by atoms with Crippen LogP contribution >= 0.6 is 0 Å². The van der Waals surface area contributed by atoms with E-state index in [2.05, 4.69) is 10.6 Å². The van der Waals surface area contributed by atoms with Crippen molar-refractivity contribution >= 4 is 17.5 Å². The molecule has 29 heavy (non-hydrogen) atoms. The summed E-state index contributed by atoms with van der Waals surface area (Å²) in [6, 6.07) is 5.03. The lowest BCUT2D eigenvalue weighted by Gasteiger charge is -2.60. The number of anilines is 1. The molecule has 4 fully saturated rings. The van der Waals surface area contributed by atoms with E-state index in [0.717, 1.165) is 11.8 Å². The first-order valence-corrected chi connectivity index (χ1v) is 10.4. The summed E-state index contributed by atoms with van der Waals surface area (Å²) in [4.78, 5) is 25.0. The Morgan fingerprint density at radius 2 is 1.62 bits per heavy atom. The van der Waals surface area contributed by atoms with E-state index in [1.165, 1.54) is 46.3 Å². The molecule has 7 heteroatoms. The number of nitrogens with one attached hydrogen (secondary N) is 2. The fraction of sp³-hybridized carbons (Fsp3) is 0.636. The number of carbonyl (C=O) groups excluding carboxylic acids is 2. The number of amides is 2. The fourth-order valence-electron chi connectivity index (χ4n) is 6.07. The predicted molar refractivity (Wildman–Crippen MR) is 108 cm³/mol. The molecule has 2 N–H and O–H groups in total. The van der Waals surface area contributed by atoms with Crippen molar-refractivity contribution < 1.29 is 23.8 Å². The first-order chi connectivity index (χ1) is 14.0. The van der Waals surface area contributed by atoms with E-state index in [9.17, 15) is 9.59 Å². The highest BCUT2D eigenvalue weighted by molar-refractivity contribution is 6.39. The number of methoxy groups -OCH3 is 3. The zero-order chi connectivity index (χ0) is 20.6. The van der Waals surface area contributed by atoms with Crippen LogP contribution in [0.4, 0.5) is 5.69 Å². The molecule has 0 atom stereocenters. The van der Waals surface area contributed by atoms with Gasteiger partial charge in [0.05, 0.1) is 25.5 Å². The minimum Gasteiger partial charge on any atom is -0.497 e. The van der Waals surface area contributed by atoms with Gasteiger partial charge < -0.3 is 24.8 Å². The normalized spacial score (nSPS) is 32.0. The molecule has 0 saturated heterocycles. The highest BCUT2D eigenvalue weighted by Gasteiger charge is 2.57. The summed E-state index contributed by atoms with van der Waals surface area (Å²) in [7, 11) is 4.79. The van der Waals surface area contributed by atoms with Gasteiger partial charge in [-0.05, 0) is 67.9 Å². The smallest absolute Gasteiger partial charge is 0.313 e. The number of rotatable bonds is 6. The number of hydrogen-bond donors (Lipinski definition) is 2. The van der Waals surface area contributed by atoms with Crippen LogP contribution in [0.2, 0.25) is 0 Å². The molecule has 4 aliphatic rings. The minimum atomic E-state index is -0.730.